The van der Waals surface area contributed by atoms with Gasteiger partial charge in [0.2, 0.25) is 0 Å². The van der Waals surface area contributed by atoms with Gasteiger partial charge in [-0.25, -0.2) is 4.39 Å². The van der Waals surface area contributed by atoms with E-state index in [0.717, 1.165) is 0 Å². The predicted octanol–water partition coefficient (Wildman–Crippen LogP) is 4.37. The molecule has 0 unspecified atom stereocenters. The van der Waals surface area contributed by atoms with Crippen LogP contribution in [0.15, 0.2) is 42.5 Å². The van der Waals surface area contributed by atoms with E-state index >= 15 is 0 Å². The summed E-state index contributed by atoms with van der Waals surface area (Å²) in [6.07, 6.45) is 0. The van der Waals surface area contributed by atoms with E-state index < -0.39 is 12.4 Å². The van der Waals surface area contributed by atoms with Crippen molar-refractivity contribution in [2.75, 3.05) is 0 Å². The van der Waals surface area contributed by atoms with Gasteiger partial charge in [0.25, 0.3) is 0 Å². The molecule has 0 radical (unpaired) electrons. The van der Waals surface area contributed by atoms with Crippen molar-refractivity contribution < 1.29 is 17.9 Å². The zero-order valence-corrected chi connectivity index (χ0v) is 11.7. The van der Waals surface area contributed by atoms with E-state index in [0.29, 0.717) is 16.1 Å². The monoisotopic (exact) mass is 315 g/mol. The van der Waals surface area contributed by atoms with Crippen LogP contribution >= 0.6 is 11.6 Å². The summed E-state index contributed by atoms with van der Waals surface area (Å²) < 4.78 is 42.6. The largest absolute Gasteiger partial charge is 0.434 e. The first-order valence-electron chi connectivity index (χ1n) is 6.24. The Morgan fingerprint density at radius 1 is 1.05 bits per heavy atom. The Kier molecular flexibility index (Phi) is 5.47. The zero-order valence-electron chi connectivity index (χ0n) is 11.0. The summed E-state index contributed by atoms with van der Waals surface area (Å²) in [5.41, 5.74) is 0.900. The van der Waals surface area contributed by atoms with Gasteiger partial charge in [-0.05, 0) is 18.2 Å². The van der Waals surface area contributed by atoms with Gasteiger partial charge in [-0.3, -0.25) is 0 Å². The van der Waals surface area contributed by atoms with E-state index in [-0.39, 0.29) is 18.8 Å². The number of alkyl halides is 2. The van der Waals surface area contributed by atoms with Crippen molar-refractivity contribution in [1.29, 1.82) is 0 Å². The topological polar surface area (TPSA) is 21.3 Å². The van der Waals surface area contributed by atoms with E-state index in [2.05, 4.69) is 10.1 Å². The normalized spacial score (nSPS) is 10.9. The molecule has 2 rings (SSSR count). The Labute approximate surface area is 125 Å². The summed E-state index contributed by atoms with van der Waals surface area (Å²) in [5, 5.41) is 3.28. The lowest BCUT2D eigenvalue weighted by Gasteiger charge is -2.12. The Balaban J connectivity index is 2.01. The predicted molar refractivity (Wildman–Crippen MR) is 75.0 cm³/mol. The lowest BCUT2D eigenvalue weighted by atomic mass is 10.1. The first-order valence-corrected chi connectivity index (χ1v) is 6.62. The Hall–Kier alpha value is -1.72. The van der Waals surface area contributed by atoms with Gasteiger partial charge in [0.15, 0.2) is 0 Å². The highest BCUT2D eigenvalue weighted by atomic mass is 35.5. The molecule has 0 aromatic heterocycles. The van der Waals surface area contributed by atoms with Crippen molar-refractivity contribution in [3.8, 4) is 5.75 Å². The molecule has 0 aliphatic rings. The molecule has 0 saturated carbocycles. The molecule has 0 heterocycles. The van der Waals surface area contributed by atoms with Gasteiger partial charge in [0.1, 0.15) is 11.6 Å². The van der Waals surface area contributed by atoms with Crippen LogP contribution in [0.25, 0.3) is 0 Å². The molecule has 0 fully saturated rings. The van der Waals surface area contributed by atoms with Crippen LogP contribution in [0.2, 0.25) is 5.02 Å². The van der Waals surface area contributed by atoms with Gasteiger partial charge in [-0.15, -0.1) is 0 Å². The van der Waals surface area contributed by atoms with Crippen LogP contribution in [0.3, 0.4) is 0 Å². The maximum absolute atomic E-state index is 13.6. The van der Waals surface area contributed by atoms with E-state index in [1.807, 2.05) is 0 Å². The average Bonchev–Trinajstić information content (AvgIpc) is 2.43. The Morgan fingerprint density at radius 3 is 2.52 bits per heavy atom. The zero-order chi connectivity index (χ0) is 15.2. The number of nitrogens with one attached hydrogen (secondary N) is 1. The van der Waals surface area contributed by atoms with Crippen molar-refractivity contribution in [2.45, 2.75) is 19.7 Å². The lowest BCUT2D eigenvalue weighted by molar-refractivity contribution is -0.0505. The van der Waals surface area contributed by atoms with Gasteiger partial charge in [0, 0.05) is 29.2 Å². The van der Waals surface area contributed by atoms with Crippen LogP contribution < -0.4 is 10.1 Å². The minimum atomic E-state index is -2.88. The van der Waals surface area contributed by atoms with Gasteiger partial charge in [-0.1, -0.05) is 35.9 Å². The number of benzene rings is 2. The molecule has 0 saturated heterocycles. The van der Waals surface area contributed by atoms with Crippen molar-refractivity contribution in [2.24, 2.45) is 0 Å². The number of hydrogen-bond acceptors (Lipinski definition) is 2. The van der Waals surface area contributed by atoms with E-state index in [1.165, 1.54) is 18.2 Å². The second-order valence-electron chi connectivity index (χ2n) is 4.29. The maximum Gasteiger partial charge on any atom is 0.387 e. The van der Waals surface area contributed by atoms with Gasteiger partial charge >= 0.3 is 6.61 Å². The van der Waals surface area contributed by atoms with E-state index in [4.69, 9.17) is 11.6 Å². The first kappa shape index (κ1) is 15.7. The minimum absolute atomic E-state index is 0.0969. The third kappa shape index (κ3) is 4.37. The highest BCUT2D eigenvalue weighted by molar-refractivity contribution is 6.31. The van der Waals surface area contributed by atoms with Crippen LogP contribution in [0.4, 0.5) is 13.2 Å². The van der Waals surface area contributed by atoms with Crippen molar-refractivity contribution in [1.82, 2.24) is 5.32 Å². The van der Waals surface area contributed by atoms with Crippen LogP contribution in [-0.4, -0.2) is 6.61 Å². The fourth-order valence-electron chi connectivity index (χ4n) is 1.88. The SMILES string of the molecule is Fc1cccc(Cl)c1CNCc1ccccc1OC(F)F. The smallest absolute Gasteiger partial charge is 0.387 e. The highest BCUT2D eigenvalue weighted by Gasteiger charge is 2.10. The molecule has 21 heavy (non-hydrogen) atoms. The molecule has 0 aliphatic carbocycles. The van der Waals surface area contributed by atoms with Crippen molar-refractivity contribution >= 4 is 11.6 Å². The lowest BCUT2D eigenvalue weighted by Crippen LogP contribution is -2.15. The standard InChI is InChI=1S/C15H13ClF3NO/c16-12-5-3-6-13(17)11(12)9-20-8-10-4-1-2-7-14(10)21-15(18)19/h1-7,15,20H,8-9H2. The molecule has 112 valence electrons. The molecule has 0 aliphatic heterocycles. The van der Waals surface area contributed by atoms with Crippen LogP contribution in [0.1, 0.15) is 11.1 Å². The number of halogens is 4. The molecule has 1 N–H and O–H groups in total. The molecular weight excluding hydrogens is 303 g/mol. The fraction of sp³-hybridized carbons (Fsp3) is 0.200. The van der Waals surface area contributed by atoms with E-state index in [1.54, 1.807) is 24.3 Å². The van der Waals surface area contributed by atoms with E-state index in [9.17, 15) is 13.2 Å². The average molecular weight is 316 g/mol. The van der Waals surface area contributed by atoms with Crippen LogP contribution in [-0.2, 0) is 13.1 Å². The molecule has 0 amide bonds. The Morgan fingerprint density at radius 2 is 1.81 bits per heavy atom. The highest BCUT2D eigenvalue weighted by Crippen LogP contribution is 2.21. The third-order valence-corrected chi connectivity index (χ3v) is 3.22. The summed E-state index contributed by atoms with van der Waals surface area (Å²) in [7, 11) is 0. The molecule has 0 spiro atoms. The minimum Gasteiger partial charge on any atom is -0.434 e. The van der Waals surface area contributed by atoms with Gasteiger partial charge in [0.05, 0.1) is 0 Å². The van der Waals surface area contributed by atoms with Crippen molar-refractivity contribution in [3.63, 3.8) is 0 Å². The number of rotatable bonds is 6. The van der Waals surface area contributed by atoms with Gasteiger partial charge < -0.3 is 10.1 Å². The second-order valence-corrected chi connectivity index (χ2v) is 4.70. The summed E-state index contributed by atoms with van der Waals surface area (Å²) >= 11 is 5.91. The molecule has 0 atom stereocenters. The quantitative estimate of drug-likeness (QED) is 0.854. The summed E-state index contributed by atoms with van der Waals surface area (Å²) in [6.45, 7) is -2.44. The molecule has 2 aromatic carbocycles. The second kappa shape index (κ2) is 7.33. The molecule has 2 nitrogen and oxygen atoms in total. The van der Waals surface area contributed by atoms with Gasteiger partial charge in [-0.2, -0.15) is 8.78 Å². The summed E-state index contributed by atoms with van der Waals surface area (Å²) in [5.74, 6) is -0.313. The maximum atomic E-state index is 13.6. The van der Waals surface area contributed by atoms with Crippen LogP contribution in [0.5, 0.6) is 5.75 Å². The number of ether oxygens (including phenoxy) is 1. The fourth-order valence-corrected chi connectivity index (χ4v) is 2.11. The van der Waals surface area contributed by atoms with Crippen molar-refractivity contribution in [3.05, 3.63) is 64.4 Å². The molecule has 2 aromatic rings. The summed E-state index contributed by atoms with van der Waals surface area (Å²) in [6, 6.07) is 10.9. The molecular formula is C15H13ClF3NO. The molecule has 0 bridgehead atoms. The Bertz CT molecular complexity index is 587. The number of para-hydroxylation sites is 1. The first-order chi connectivity index (χ1) is 10.1. The van der Waals surface area contributed by atoms with Crippen LogP contribution in [0, 0.1) is 5.82 Å². The summed E-state index contributed by atoms with van der Waals surface area (Å²) in [4.78, 5) is 0. The third-order valence-electron chi connectivity index (χ3n) is 2.87. The molecule has 6 heteroatoms. The number of hydrogen-bond donors (Lipinski definition) is 1.